The van der Waals surface area contributed by atoms with Gasteiger partial charge in [-0.1, -0.05) is 0 Å². The van der Waals surface area contributed by atoms with E-state index >= 15 is 0 Å². The van der Waals surface area contributed by atoms with Crippen LogP contribution in [0.1, 0.15) is 5.56 Å². The van der Waals surface area contributed by atoms with Crippen LogP contribution in [0.3, 0.4) is 0 Å². The highest BCUT2D eigenvalue weighted by atomic mass is 32.2. The number of rotatable bonds is 5. The van der Waals surface area contributed by atoms with Crippen LogP contribution in [0.2, 0.25) is 0 Å². The molecule has 0 radical (unpaired) electrons. The van der Waals surface area contributed by atoms with Gasteiger partial charge in [-0.3, -0.25) is 0 Å². The zero-order valence-electron chi connectivity index (χ0n) is 15.1. The van der Waals surface area contributed by atoms with Gasteiger partial charge in [-0.25, -0.2) is 15.0 Å². The number of nitrogens with one attached hydrogen (secondary N) is 1. The molecule has 0 saturated heterocycles. The van der Waals surface area contributed by atoms with E-state index in [4.69, 9.17) is 19.2 Å². The Morgan fingerprint density at radius 2 is 1.81 bits per heavy atom. The predicted octanol–water partition coefficient (Wildman–Crippen LogP) is 3.91. The normalized spacial score (nSPS) is 12.0. The molecule has 0 bridgehead atoms. The van der Waals surface area contributed by atoms with Crippen molar-refractivity contribution >= 4 is 23.4 Å². The largest absolute Gasteiger partial charge is 0.493 e. The number of fused-ring (bicyclic) bond motifs is 3. The third kappa shape index (κ3) is 3.23. The lowest BCUT2D eigenvalue weighted by molar-refractivity contribution is 0.324. The number of nitrogens with zero attached hydrogens (tertiary/aromatic N) is 3. The van der Waals surface area contributed by atoms with Crippen molar-refractivity contribution in [1.82, 2.24) is 15.0 Å². The van der Waals surface area contributed by atoms with Crippen LogP contribution < -0.4 is 19.5 Å². The number of benzene rings is 1. The Bertz CT molecular complexity index is 971. The van der Waals surface area contributed by atoms with E-state index in [2.05, 4.69) is 15.3 Å². The van der Waals surface area contributed by atoms with Crippen molar-refractivity contribution in [2.45, 2.75) is 10.8 Å². The molecule has 1 aromatic carbocycles. The number of hydrogen-bond acceptors (Lipinski definition) is 8. The van der Waals surface area contributed by atoms with E-state index in [9.17, 15) is 0 Å². The summed E-state index contributed by atoms with van der Waals surface area (Å²) < 4.78 is 16.2. The van der Waals surface area contributed by atoms with E-state index in [1.807, 2.05) is 30.5 Å². The van der Waals surface area contributed by atoms with E-state index in [0.29, 0.717) is 23.2 Å². The lowest BCUT2D eigenvalue weighted by Gasteiger charge is -2.18. The molecule has 0 fully saturated rings. The van der Waals surface area contributed by atoms with Gasteiger partial charge in [0, 0.05) is 47.1 Å². The highest BCUT2D eigenvalue weighted by Gasteiger charge is 2.20. The fourth-order valence-corrected chi connectivity index (χ4v) is 3.88. The molecule has 2 aromatic heterocycles. The second kappa shape index (κ2) is 7.32. The molecule has 0 amide bonds. The van der Waals surface area contributed by atoms with Crippen molar-refractivity contribution in [3.63, 3.8) is 0 Å². The molecular formula is C19H18N4O3S. The van der Waals surface area contributed by atoms with Gasteiger partial charge in [0.05, 0.1) is 27.0 Å². The molecule has 4 rings (SSSR count). The number of ether oxygens (including phenoxy) is 3. The monoisotopic (exact) mass is 382 g/mol. The van der Waals surface area contributed by atoms with Gasteiger partial charge in [0.1, 0.15) is 5.03 Å². The standard InChI is InChI=1S/C19H18N4O3S/c1-24-14-7-12(8-15(25-2)17(14)26-3)22-19-21-9-11-10-27-18-13(16(11)23-19)5-4-6-20-18/h4-9H,10H2,1-3H3,(H,21,22,23). The Kier molecular flexibility index (Phi) is 4.72. The van der Waals surface area contributed by atoms with Gasteiger partial charge in [-0.2, -0.15) is 0 Å². The van der Waals surface area contributed by atoms with Crippen molar-refractivity contribution in [3.05, 3.63) is 42.2 Å². The lowest BCUT2D eigenvalue weighted by Crippen LogP contribution is -2.05. The van der Waals surface area contributed by atoms with Crippen molar-refractivity contribution < 1.29 is 14.2 Å². The number of anilines is 2. The van der Waals surface area contributed by atoms with Gasteiger partial charge >= 0.3 is 0 Å². The average molecular weight is 382 g/mol. The van der Waals surface area contributed by atoms with Crippen LogP contribution in [0.5, 0.6) is 17.2 Å². The van der Waals surface area contributed by atoms with Crippen LogP contribution in [-0.4, -0.2) is 36.3 Å². The Hall–Kier alpha value is -3.00. The fraction of sp³-hybridized carbons (Fsp3) is 0.211. The Morgan fingerprint density at radius 1 is 1.04 bits per heavy atom. The van der Waals surface area contributed by atoms with Gasteiger partial charge in [0.25, 0.3) is 0 Å². The predicted molar refractivity (Wildman–Crippen MR) is 104 cm³/mol. The topological polar surface area (TPSA) is 78.4 Å². The van der Waals surface area contributed by atoms with E-state index in [1.54, 1.807) is 39.3 Å². The molecule has 8 heteroatoms. The van der Waals surface area contributed by atoms with Crippen LogP contribution in [0, 0.1) is 0 Å². The first-order chi connectivity index (χ1) is 13.2. The zero-order chi connectivity index (χ0) is 18.8. The second-order valence-electron chi connectivity index (χ2n) is 5.75. The van der Waals surface area contributed by atoms with Crippen LogP contribution >= 0.6 is 11.8 Å². The third-order valence-electron chi connectivity index (χ3n) is 4.18. The first-order valence-electron chi connectivity index (χ1n) is 8.24. The number of pyridine rings is 1. The minimum absolute atomic E-state index is 0.490. The third-order valence-corrected chi connectivity index (χ3v) is 5.23. The van der Waals surface area contributed by atoms with Crippen LogP contribution in [0.4, 0.5) is 11.6 Å². The zero-order valence-corrected chi connectivity index (χ0v) is 16.0. The smallest absolute Gasteiger partial charge is 0.227 e. The summed E-state index contributed by atoms with van der Waals surface area (Å²) in [4.78, 5) is 13.6. The molecule has 138 valence electrons. The highest BCUT2D eigenvalue weighted by Crippen LogP contribution is 2.41. The van der Waals surface area contributed by atoms with Crippen molar-refractivity contribution in [3.8, 4) is 28.5 Å². The highest BCUT2D eigenvalue weighted by molar-refractivity contribution is 7.98. The van der Waals surface area contributed by atoms with E-state index in [1.165, 1.54) is 0 Å². The number of aromatic nitrogens is 3. The molecule has 1 N–H and O–H groups in total. The van der Waals surface area contributed by atoms with Crippen LogP contribution in [0.25, 0.3) is 11.3 Å². The summed E-state index contributed by atoms with van der Waals surface area (Å²) >= 11 is 1.70. The minimum atomic E-state index is 0.490. The molecule has 0 saturated carbocycles. The molecule has 1 aliphatic rings. The molecular weight excluding hydrogens is 364 g/mol. The van der Waals surface area contributed by atoms with Gasteiger partial charge in [0.2, 0.25) is 11.7 Å². The molecule has 7 nitrogen and oxygen atoms in total. The Balaban J connectivity index is 1.71. The quantitative estimate of drug-likeness (QED) is 0.711. The first kappa shape index (κ1) is 17.4. The molecule has 0 aliphatic carbocycles. The molecule has 27 heavy (non-hydrogen) atoms. The van der Waals surface area contributed by atoms with Crippen molar-refractivity contribution in [2.75, 3.05) is 26.6 Å². The molecule has 1 aliphatic heterocycles. The maximum Gasteiger partial charge on any atom is 0.227 e. The Labute approximate surface area is 161 Å². The summed E-state index contributed by atoms with van der Waals surface area (Å²) in [5.41, 5.74) is 3.76. The summed E-state index contributed by atoms with van der Waals surface area (Å²) in [6.45, 7) is 0. The summed E-state index contributed by atoms with van der Waals surface area (Å²) in [5, 5.41) is 4.21. The number of methoxy groups -OCH3 is 3. The van der Waals surface area contributed by atoms with Gasteiger partial charge in [0.15, 0.2) is 11.5 Å². The number of thioether (sulfide) groups is 1. The van der Waals surface area contributed by atoms with Crippen LogP contribution in [-0.2, 0) is 5.75 Å². The van der Waals surface area contributed by atoms with Crippen LogP contribution in [0.15, 0.2) is 41.7 Å². The molecule has 3 aromatic rings. The molecule has 0 spiro atoms. The molecule has 0 atom stereocenters. The summed E-state index contributed by atoms with van der Waals surface area (Å²) in [6, 6.07) is 7.58. The molecule has 3 heterocycles. The second-order valence-corrected chi connectivity index (χ2v) is 6.72. The molecule has 0 unspecified atom stereocenters. The summed E-state index contributed by atoms with van der Waals surface area (Å²) in [5.74, 6) is 2.95. The first-order valence-corrected chi connectivity index (χ1v) is 9.23. The summed E-state index contributed by atoms with van der Waals surface area (Å²) in [7, 11) is 4.74. The lowest BCUT2D eigenvalue weighted by atomic mass is 10.1. The van der Waals surface area contributed by atoms with Crippen molar-refractivity contribution in [2.24, 2.45) is 0 Å². The van der Waals surface area contributed by atoms with Crippen molar-refractivity contribution in [1.29, 1.82) is 0 Å². The SMILES string of the molecule is COc1cc(Nc2ncc3c(n2)-c2cccnc2SC3)cc(OC)c1OC. The average Bonchev–Trinajstić information content (AvgIpc) is 2.72. The van der Waals surface area contributed by atoms with Gasteiger partial charge in [-0.05, 0) is 12.1 Å². The van der Waals surface area contributed by atoms with E-state index in [-0.39, 0.29) is 0 Å². The minimum Gasteiger partial charge on any atom is -0.493 e. The Morgan fingerprint density at radius 3 is 2.52 bits per heavy atom. The van der Waals surface area contributed by atoms with Gasteiger partial charge in [-0.15, -0.1) is 11.8 Å². The van der Waals surface area contributed by atoms with E-state index in [0.717, 1.165) is 33.3 Å². The maximum absolute atomic E-state index is 5.40. The summed E-state index contributed by atoms with van der Waals surface area (Å²) in [6.07, 6.45) is 3.65. The van der Waals surface area contributed by atoms with Gasteiger partial charge < -0.3 is 19.5 Å². The van der Waals surface area contributed by atoms with E-state index < -0.39 is 0 Å². The fourth-order valence-electron chi connectivity index (χ4n) is 2.92. The number of hydrogen-bond donors (Lipinski definition) is 1. The maximum atomic E-state index is 5.40.